The zero-order chi connectivity index (χ0) is 19.8. The fraction of sp³-hybridized carbons (Fsp3) is 0.222. The van der Waals surface area contributed by atoms with E-state index in [4.69, 9.17) is 14.2 Å². The van der Waals surface area contributed by atoms with Gasteiger partial charge in [0.05, 0.1) is 32.0 Å². The van der Waals surface area contributed by atoms with E-state index >= 15 is 0 Å². The number of nitrogens with one attached hydrogen (secondary N) is 1. The van der Waals surface area contributed by atoms with Crippen molar-refractivity contribution < 1.29 is 23.9 Å². The Morgan fingerprint density at radius 2 is 2.04 bits per heavy atom. The maximum Gasteiger partial charge on any atom is 0.315 e. The molecule has 0 aromatic heterocycles. The van der Waals surface area contributed by atoms with E-state index in [9.17, 15) is 14.9 Å². The van der Waals surface area contributed by atoms with Crippen LogP contribution in [0.5, 0.6) is 17.2 Å². The molecule has 1 N–H and O–H groups in total. The Hall–Kier alpha value is -3.62. The van der Waals surface area contributed by atoms with Gasteiger partial charge in [0, 0.05) is 17.2 Å². The van der Waals surface area contributed by atoms with E-state index in [1.165, 1.54) is 32.6 Å². The molecule has 0 spiro atoms. The van der Waals surface area contributed by atoms with Gasteiger partial charge in [0.25, 0.3) is 5.91 Å². The molecule has 0 radical (unpaired) electrons. The van der Waals surface area contributed by atoms with Crippen molar-refractivity contribution in [1.29, 1.82) is 0 Å². The summed E-state index contributed by atoms with van der Waals surface area (Å²) < 4.78 is 15.5. The first-order valence-corrected chi connectivity index (χ1v) is 7.96. The van der Waals surface area contributed by atoms with Gasteiger partial charge in [-0.1, -0.05) is 6.07 Å². The number of methoxy groups -OCH3 is 2. The number of amides is 1. The summed E-state index contributed by atoms with van der Waals surface area (Å²) in [5.41, 5.74) is 2.84. The van der Waals surface area contributed by atoms with Crippen molar-refractivity contribution in [1.82, 2.24) is 5.43 Å². The molecule has 27 heavy (non-hydrogen) atoms. The zero-order valence-electron chi connectivity index (χ0n) is 15.1. The lowest BCUT2D eigenvalue weighted by atomic mass is 10.2. The van der Waals surface area contributed by atoms with Crippen molar-refractivity contribution in [3.05, 3.63) is 57.6 Å². The van der Waals surface area contributed by atoms with E-state index < -0.39 is 10.8 Å². The highest BCUT2D eigenvalue weighted by Crippen LogP contribution is 2.37. The fourth-order valence-corrected chi connectivity index (χ4v) is 2.25. The average molecular weight is 373 g/mol. The quantitative estimate of drug-likeness (QED) is 0.432. The highest BCUT2D eigenvalue weighted by atomic mass is 16.6. The van der Waals surface area contributed by atoms with E-state index in [2.05, 4.69) is 10.5 Å². The van der Waals surface area contributed by atoms with Crippen LogP contribution >= 0.6 is 0 Å². The number of carbonyl (C=O) groups is 1. The zero-order valence-corrected chi connectivity index (χ0v) is 15.1. The van der Waals surface area contributed by atoms with Gasteiger partial charge in [-0.25, -0.2) is 5.43 Å². The predicted molar refractivity (Wildman–Crippen MR) is 98.9 cm³/mol. The summed E-state index contributed by atoms with van der Waals surface area (Å²) in [5, 5.41) is 15.1. The van der Waals surface area contributed by atoms with Gasteiger partial charge in [0.15, 0.2) is 5.75 Å². The number of hydrazone groups is 1. The molecule has 0 unspecified atom stereocenters. The molecule has 0 saturated heterocycles. The van der Waals surface area contributed by atoms with Gasteiger partial charge in [-0.15, -0.1) is 0 Å². The maximum absolute atomic E-state index is 12.1. The third kappa shape index (κ3) is 4.94. The Bertz CT molecular complexity index is 866. The van der Waals surface area contributed by atoms with Crippen LogP contribution in [-0.2, 0) is 0 Å². The molecule has 9 nitrogen and oxygen atoms in total. The van der Waals surface area contributed by atoms with Gasteiger partial charge >= 0.3 is 5.69 Å². The molecule has 0 atom stereocenters. The third-order valence-corrected chi connectivity index (χ3v) is 3.47. The molecule has 0 heterocycles. The van der Waals surface area contributed by atoms with Gasteiger partial charge in [-0.3, -0.25) is 14.9 Å². The summed E-state index contributed by atoms with van der Waals surface area (Å²) in [5.74, 6) is 0.338. The molecule has 2 aromatic rings. The van der Waals surface area contributed by atoms with Gasteiger partial charge in [0.2, 0.25) is 5.75 Å². The number of carbonyl (C=O) groups excluding carboxylic acids is 1. The Labute approximate surface area is 155 Å². The lowest BCUT2D eigenvalue weighted by Gasteiger charge is -2.10. The molecule has 1 amide bonds. The summed E-state index contributed by atoms with van der Waals surface area (Å²) >= 11 is 0. The number of hydrogen-bond donors (Lipinski definition) is 1. The van der Waals surface area contributed by atoms with Crippen LogP contribution in [0.3, 0.4) is 0 Å². The number of hydrogen-bond acceptors (Lipinski definition) is 7. The Morgan fingerprint density at radius 1 is 1.26 bits per heavy atom. The predicted octanol–water partition coefficient (Wildman–Crippen LogP) is 2.77. The largest absolute Gasteiger partial charge is 0.497 e. The van der Waals surface area contributed by atoms with Crippen LogP contribution in [0.15, 0.2) is 41.5 Å². The minimum absolute atomic E-state index is 0.0440. The number of ether oxygens (including phenoxy) is 3. The van der Waals surface area contributed by atoms with Crippen molar-refractivity contribution in [3.8, 4) is 17.2 Å². The second-order valence-electron chi connectivity index (χ2n) is 5.19. The smallest absolute Gasteiger partial charge is 0.315 e. The molecule has 0 aliphatic rings. The minimum atomic E-state index is -0.570. The number of nitrogens with zero attached hydrogens (tertiary/aromatic N) is 2. The first-order chi connectivity index (χ1) is 13.0. The van der Waals surface area contributed by atoms with E-state index in [1.54, 1.807) is 31.2 Å². The SMILES string of the molecule is CCOc1c(OC)cc(/C=N/NC(=O)c2cccc(OC)c2)cc1[N+](=O)[O-]. The van der Waals surface area contributed by atoms with Crippen molar-refractivity contribution in [2.45, 2.75) is 6.92 Å². The highest BCUT2D eigenvalue weighted by Gasteiger charge is 2.21. The summed E-state index contributed by atoms with van der Waals surface area (Å²) in [4.78, 5) is 22.8. The van der Waals surface area contributed by atoms with Gasteiger partial charge in [0.1, 0.15) is 5.75 Å². The van der Waals surface area contributed by atoms with Crippen molar-refractivity contribution >= 4 is 17.8 Å². The Morgan fingerprint density at radius 3 is 2.67 bits per heavy atom. The Kier molecular flexibility index (Phi) is 6.70. The third-order valence-electron chi connectivity index (χ3n) is 3.47. The number of nitro groups is 1. The number of benzene rings is 2. The molecular formula is C18H19N3O6. The molecule has 2 rings (SSSR count). The van der Waals surface area contributed by atoms with Crippen LogP contribution in [0, 0.1) is 10.1 Å². The van der Waals surface area contributed by atoms with E-state index in [-0.39, 0.29) is 23.8 Å². The summed E-state index contributed by atoms with van der Waals surface area (Å²) in [6.45, 7) is 1.97. The molecule has 0 bridgehead atoms. The molecule has 9 heteroatoms. The van der Waals surface area contributed by atoms with Crippen LogP contribution in [-0.4, -0.2) is 37.9 Å². The standard InChI is InChI=1S/C18H19N3O6/c1-4-27-17-15(21(23)24)8-12(9-16(17)26-3)11-19-20-18(22)13-6-5-7-14(10-13)25-2/h5-11H,4H2,1-3H3,(H,20,22)/b19-11+. The van der Waals surface area contributed by atoms with Gasteiger partial charge in [-0.05, 0) is 31.2 Å². The van der Waals surface area contributed by atoms with Gasteiger partial charge < -0.3 is 14.2 Å². The van der Waals surface area contributed by atoms with E-state index in [0.717, 1.165) is 0 Å². The minimum Gasteiger partial charge on any atom is -0.497 e. The summed E-state index contributed by atoms with van der Waals surface area (Å²) in [7, 11) is 2.88. The summed E-state index contributed by atoms with van der Waals surface area (Å²) in [6, 6.07) is 9.38. The molecular weight excluding hydrogens is 354 g/mol. The topological polar surface area (TPSA) is 112 Å². The molecule has 142 valence electrons. The second kappa shape index (κ2) is 9.18. The van der Waals surface area contributed by atoms with Crippen molar-refractivity contribution in [2.24, 2.45) is 5.10 Å². The molecule has 0 saturated carbocycles. The first kappa shape index (κ1) is 19.7. The van der Waals surface area contributed by atoms with Crippen molar-refractivity contribution in [2.75, 3.05) is 20.8 Å². The molecule has 0 fully saturated rings. The first-order valence-electron chi connectivity index (χ1n) is 7.96. The normalized spacial score (nSPS) is 10.5. The van der Waals surface area contributed by atoms with Crippen LogP contribution < -0.4 is 19.6 Å². The second-order valence-corrected chi connectivity index (χ2v) is 5.19. The fourth-order valence-electron chi connectivity index (χ4n) is 2.25. The highest BCUT2D eigenvalue weighted by molar-refractivity contribution is 5.95. The molecule has 2 aromatic carbocycles. The lowest BCUT2D eigenvalue weighted by molar-refractivity contribution is -0.385. The van der Waals surface area contributed by atoms with E-state index in [0.29, 0.717) is 16.9 Å². The van der Waals surface area contributed by atoms with E-state index in [1.807, 2.05) is 0 Å². The van der Waals surface area contributed by atoms with Crippen LogP contribution in [0.1, 0.15) is 22.8 Å². The summed E-state index contributed by atoms with van der Waals surface area (Å²) in [6.07, 6.45) is 1.28. The lowest BCUT2D eigenvalue weighted by Crippen LogP contribution is -2.17. The van der Waals surface area contributed by atoms with Crippen LogP contribution in [0.25, 0.3) is 0 Å². The van der Waals surface area contributed by atoms with Crippen LogP contribution in [0.2, 0.25) is 0 Å². The molecule has 0 aliphatic carbocycles. The number of rotatable bonds is 8. The molecule has 0 aliphatic heterocycles. The number of nitro benzene ring substituents is 1. The van der Waals surface area contributed by atoms with Gasteiger partial charge in [-0.2, -0.15) is 5.10 Å². The Balaban J connectivity index is 2.21. The van der Waals surface area contributed by atoms with Crippen molar-refractivity contribution in [3.63, 3.8) is 0 Å². The van der Waals surface area contributed by atoms with Crippen LogP contribution in [0.4, 0.5) is 5.69 Å². The maximum atomic E-state index is 12.1. The monoisotopic (exact) mass is 373 g/mol. The average Bonchev–Trinajstić information content (AvgIpc) is 2.68.